The second-order valence-corrected chi connectivity index (χ2v) is 10.2. The van der Waals surface area contributed by atoms with Gasteiger partial charge in [-0.1, -0.05) is 27.2 Å². The molecule has 140 valence electrons. The Kier molecular flexibility index (Phi) is 3.06. The minimum absolute atomic E-state index is 0.0114. The van der Waals surface area contributed by atoms with E-state index in [2.05, 4.69) is 27.7 Å². The molecule has 0 amide bonds. The Balaban J connectivity index is 1.51. The second-order valence-electron chi connectivity index (χ2n) is 10.2. The highest BCUT2D eigenvalue weighted by molar-refractivity contribution is 5.77. The summed E-state index contributed by atoms with van der Waals surface area (Å²) >= 11 is 0. The third-order valence-electron chi connectivity index (χ3n) is 9.12. The first-order chi connectivity index (χ1) is 11.8. The van der Waals surface area contributed by atoms with Gasteiger partial charge in [0.15, 0.2) is 0 Å². The lowest BCUT2D eigenvalue weighted by molar-refractivity contribution is -0.175. The lowest BCUT2D eigenvalue weighted by Gasteiger charge is -2.59. The fourth-order valence-electron chi connectivity index (χ4n) is 7.84. The molecule has 4 heteroatoms. The Morgan fingerprint density at radius 1 is 1.12 bits per heavy atom. The maximum Gasteiger partial charge on any atom is 0.311 e. The van der Waals surface area contributed by atoms with E-state index in [9.17, 15) is 4.79 Å². The van der Waals surface area contributed by atoms with Crippen LogP contribution in [0.4, 0.5) is 0 Å². The van der Waals surface area contributed by atoms with Gasteiger partial charge in [0.05, 0.1) is 18.6 Å². The number of carbonyl (C=O) groups is 1. The van der Waals surface area contributed by atoms with E-state index >= 15 is 0 Å². The summed E-state index contributed by atoms with van der Waals surface area (Å²) in [6.07, 6.45) is 7.19. The van der Waals surface area contributed by atoms with Gasteiger partial charge in [0.2, 0.25) is 0 Å². The van der Waals surface area contributed by atoms with Crippen molar-refractivity contribution in [2.45, 2.75) is 89.6 Å². The van der Waals surface area contributed by atoms with Crippen LogP contribution in [0.15, 0.2) is 0 Å². The predicted molar refractivity (Wildman–Crippen MR) is 93.0 cm³/mol. The molecule has 5 rings (SSSR count). The molecule has 4 nitrogen and oxygen atoms in total. The molecule has 25 heavy (non-hydrogen) atoms. The van der Waals surface area contributed by atoms with E-state index in [0.29, 0.717) is 23.9 Å². The molecule has 5 fully saturated rings. The topological polar surface area (TPSA) is 51.4 Å². The van der Waals surface area contributed by atoms with E-state index in [-0.39, 0.29) is 34.1 Å². The normalized spacial score (nSPS) is 58.5. The van der Waals surface area contributed by atoms with Crippen LogP contribution in [-0.4, -0.2) is 36.5 Å². The Labute approximate surface area is 151 Å². The van der Waals surface area contributed by atoms with Crippen LogP contribution in [0.5, 0.6) is 0 Å². The van der Waals surface area contributed by atoms with E-state index in [4.69, 9.17) is 14.2 Å². The Bertz CT molecular complexity index is 631. The molecule has 3 aliphatic carbocycles. The maximum absolute atomic E-state index is 12.7. The molecule has 0 aromatic heterocycles. The van der Waals surface area contributed by atoms with Crippen LogP contribution in [0.1, 0.15) is 66.2 Å². The number of carbonyl (C=O) groups excluding carboxylic acids is 1. The van der Waals surface area contributed by atoms with Crippen molar-refractivity contribution in [1.82, 2.24) is 0 Å². The molecule has 8 atom stereocenters. The molecule has 0 radical (unpaired) electrons. The molecule has 0 bridgehead atoms. The van der Waals surface area contributed by atoms with Crippen molar-refractivity contribution in [2.75, 3.05) is 7.11 Å². The molecule has 0 aromatic carbocycles. The molecule has 0 aromatic rings. The van der Waals surface area contributed by atoms with E-state index in [1.165, 1.54) is 6.42 Å². The summed E-state index contributed by atoms with van der Waals surface area (Å²) in [7, 11) is 1.54. The van der Waals surface area contributed by atoms with Gasteiger partial charge in [0.1, 0.15) is 17.3 Å². The van der Waals surface area contributed by atoms with E-state index in [1.807, 2.05) is 0 Å². The molecular weight excluding hydrogens is 316 g/mol. The van der Waals surface area contributed by atoms with Crippen molar-refractivity contribution in [3.8, 4) is 0 Å². The maximum atomic E-state index is 12.7. The van der Waals surface area contributed by atoms with Crippen LogP contribution in [0, 0.1) is 28.6 Å². The van der Waals surface area contributed by atoms with Crippen LogP contribution < -0.4 is 0 Å². The van der Waals surface area contributed by atoms with Gasteiger partial charge in [0, 0.05) is 0 Å². The Morgan fingerprint density at radius 3 is 2.56 bits per heavy atom. The van der Waals surface area contributed by atoms with Gasteiger partial charge in [-0.3, -0.25) is 4.79 Å². The van der Waals surface area contributed by atoms with Gasteiger partial charge >= 0.3 is 5.97 Å². The van der Waals surface area contributed by atoms with Crippen LogP contribution in [0.2, 0.25) is 0 Å². The molecule has 1 spiro atoms. The average Bonchev–Trinajstić information content (AvgIpc) is 3.44. The number of methoxy groups -OCH3 is 1. The zero-order chi connectivity index (χ0) is 17.8. The lowest BCUT2D eigenvalue weighted by Crippen LogP contribution is -2.60. The number of ether oxygens (including phenoxy) is 3. The third-order valence-corrected chi connectivity index (χ3v) is 9.12. The van der Waals surface area contributed by atoms with Crippen molar-refractivity contribution in [2.24, 2.45) is 28.6 Å². The van der Waals surface area contributed by atoms with Crippen LogP contribution >= 0.6 is 0 Å². The van der Waals surface area contributed by atoms with Gasteiger partial charge in [-0.15, -0.1) is 0 Å². The van der Waals surface area contributed by atoms with Crippen molar-refractivity contribution >= 4 is 5.97 Å². The highest BCUT2D eigenvalue weighted by atomic mass is 16.7. The third kappa shape index (κ3) is 1.70. The minimum atomic E-state index is -0.343. The lowest BCUT2D eigenvalue weighted by atomic mass is 9.43. The molecule has 0 N–H and O–H groups in total. The van der Waals surface area contributed by atoms with Gasteiger partial charge in [0.25, 0.3) is 0 Å². The molecule has 0 unspecified atom stereocenters. The Morgan fingerprint density at radius 2 is 1.88 bits per heavy atom. The van der Waals surface area contributed by atoms with Crippen LogP contribution in [0.25, 0.3) is 0 Å². The Hall–Kier alpha value is -0.610. The van der Waals surface area contributed by atoms with Gasteiger partial charge in [-0.05, 0) is 62.2 Å². The summed E-state index contributed by atoms with van der Waals surface area (Å²) in [6.45, 7) is 9.14. The number of esters is 1. The zero-order valence-electron chi connectivity index (χ0n) is 16.3. The first-order valence-electron chi connectivity index (χ1n) is 10.2. The average molecular weight is 348 g/mol. The molecular formula is C21H32O4. The minimum Gasteiger partial charge on any atom is -0.469 e. The largest absolute Gasteiger partial charge is 0.469 e. The van der Waals surface area contributed by atoms with Crippen molar-refractivity contribution < 1.29 is 19.0 Å². The first kappa shape index (κ1) is 16.6. The summed E-state index contributed by atoms with van der Waals surface area (Å²) in [5, 5.41) is 0. The quantitative estimate of drug-likeness (QED) is 0.564. The van der Waals surface area contributed by atoms with Crippen LogP contribution in [0.3, 0.4) is 0 Å². The number of rotatable bonds is 2. The highest BCUT2D eigenvalue weighted by Gasteiger charge is 2.85. The van der Waals surface area contributed by atoms with E-state index in [1.54, 1.807) is 7.11 Å². The smallest absolute Gasteiger partial charge is 0.311 e. The van der Waals surface area contributed by atoms with Crippen LogP contribution in [-0.2, 0) is 19.0 Å². The number of fused-ring (bicyclic) bond motifs is 4. The van der Waals surface area contributed by atoms with Gasteiger partial charge < -0.3 is 14.2 Å². The molecule has 2 aliphatic heterocycles. The summed E-state index contributed by atoms with van der Waals surface area (Å²) in [4.78, 5) is 12.7. The van der Waals surface area contributed by atoms with Crippen molar-refractivity contribution in [1.29, 1.82) is 0 Å². The summed E-state index contributed by atoms with van der Waals surface area (Å²) in [5.74, 6) is 1.42. The van der Waals surface area contributed by atoms with E-state index < -0.39 is 0 Å². The fourth-order valence-corrected chi connectivity index (χ4v) is 7.84. The number of hydrogen-bond donors (Lipinski definition) is 0. The van der Waals surface area contributed by atoms with Gasteiger partial charge in [-0.25, -0.2) is 0 Å². The molecule has 2 heterocycles. The number of hydrogen-bond acceptors (Lipinski definition) is 4. The molecule has 2 saturated heterocycles. The fraction of sp³-hybridized carbons (Fsp3) is 0.952. The zero-order valence-corrected chi connectivity index (χ0v) is 16.3. The summed E-state index contributed by atoms with van der Waals surface area (Å²) in [6, 6.07) is 0. The molecule has 3 saturated carbocycles. The monoisotopic (exact) mass is 348 g/mol. The van der Waals surface area contributed by atoms with E-state index in [0.717, 1.165) is 32.1 Å². The predicted octanol–water partition coefficient (Wildman–Crippen LogP) is 3.72. The van der Waals surface area contributed by atoms with Crippen molar-refractivity contribution in [3.63, 3.8) is 0 Å². The highest BCUT2D eigenvalue weighted by Crippen LogP contribution is 2.76. The molecule has 5 aliphatic rings. The standard InChI is InChI=1S/C21H32O4/c1-12(2)21-15(24-21)11-14-18(3)8-6-9-19(4,17(22)23-5)13(18)7-10-20(14)16(21)25-20/h12-16H,6-11H2,1-5H3/t13-,14-,15+,16+,18-,19-,20+,21+/m1/s1. The van der Waals surface area contributed by atoms with Gasteiger partial charge in [-0.2, -0.15) is 0 Å². The SMILES string of the molecule is COC(=O)[C@]1(C)CCC[C@@]2(C)[C@H]3C[C@@H]4O[C@]4(C(C)C)[C@H]4O[C@@]34CC[C@H]21. The second kappa shape index (κ2) is 4.62. The summed E-state index contributed by atoms with van der Waals surface area (Å²) in [5.41, 5.74) is -0.176. The summed E-state index contributed by atoms with van der Waals surface area (Å²) < 4.78 is 18.1. The first-order valence-corrected chi connectivity index (χ1v) is 10.2. The van der Waals surface area contributed by atoms with Crippen molar-refractivity contribution in [3.05, 3.63) is 0 Å². The number of epoxide rings is 2.